The number of hydrogen-bond donors (Lipinski definition) is 1. The molecule has 0 aromatic heterocycles. The number of carbonyl (C=O) groups is 1. The Morgan fingerprint density at radius 3 is 2.64 bits per heavy atom. The van der Waals surface area contributed by atoms with E-state index in [1.165, 1.54) is 18.0 Å². The highest BCUT2D eigenvalue weighted by Crippen LogP contribution is 2.23. The molecule has 0 saturated carbocycles. The minimum atomic E-state index is -0.487. The van der Waals surface area contributed by atoms with Crippen molar-refractivity contribution in [2.24, 2.45) is 10.9 Å². The Morgan fingerprint density at radius 2 is 2.14 bits per heavy atom. The summed E-state index contributed by atoms with van der Waals surface area (Å²) in [7, 11) is 3.06. The minimum absolute atomic E-state index is 0.134. The molecule has 0 aromatic carbocycles. The standard InChI is InChI=1S/C15H24FN3O2S/c1-6-14(19(5)15(20)21-10-11(2)3)22-13(17)8-7-12(16)9-18-4/h6-7,9,11,17H,8,10H2,1-5H3/b12-7+,14-6+,17-13?,18-9?. The van der Waals surface area contributed by atoms with Gasteiger partial charge in [0.15, 0.2) is 0 Å². The summed E-state index contributed by atoms with van der Waals surface area (Å²) in [4.78, 5) is 16.8. The summed E-state index contributed by atoms with van der Waals surface area (Å²) in [5, 5.41) is 8.63. The number of allylic oxidation sites excluding steroid dienone is 3. The van der Waals surface area contributed by atoms with Gasteiger partial charge in [-0.2, -0.15) is 0 Å². The van der Waals surface area contributed by atoms with Crippen molar-refractivity contribution in [3.63, 3.8) is 0 Å². The van der Waals surface area contributed by atoms with Crippen LogP contribution in [0.2, 0.25) is 0 Å². The van der Waals surface area contributed by atoms with Crippen LogP contribution >= 0.6 is 11.8 Å². The highest BCUT2D eigenvalue weighted by atomic mass is 32.2. The van der Waals surface area contributed by atoms with Crippen LogP contribution in [-0.4, -0.2) is 43.0 Å². The van der Waals surface area contributed by atoms with Gasteiger partial charge < -0.3 is 4.74 Å². The number of halogens is 1. The van der Waals surface area contributed by atoms with Gasteiger partial charge in [-0.1, -0.05) is 31.7 Å². The monoisotopic (exact) mass is 329 g/mol. The Morgan fingerprint density at radius 1 is 1.50 bits per heavy atom. The van der Waals surface area contributed by atoms with Gasteiger partial charge in [-0.3, -0.25) is 15.3 Å². The number of nitrogens with one attached hydrogen (secondary N) is 1. The molecular formula is C15H24FN3O2S. The van der Waals surface area contributed by atoms with Crippen LogP contribution < -0.4 is 0 Å². The number of nitrogens with zero attached hydrogens (tertiary/aromatic N) is 2. The quantitative estimate of drug-likeness (QED) is 0.561. The number of rotatable bonds is 7. The van der Waals surface area contributed by atoms with Crippen molar-refractivity contribution in [2.75, 3.05) is 20.7 Å². The topological polar surface area (TPSA) is 65.8 Å². The second-order valence-corrected chi connectivity index (χ2v) is 5.98. The van der Waals surface area contributed by atoms with E-state index >= 15 is 0 Å². The molecule has 124 valence electrons. The van der Waals surface area contributed by atoms with Crippen LogP contribution in [0.5, 0.6) is 0 Å². The van der Waals surface area contributed by atoms with Crippen LogP contribution in [0, 0.1) is 11.3 Å². The van der Waals surface area contributed by atoms with E-state index in [0.29, 0.717) is 11.6 Å². The second kappa shape index (κ2) is 11.0. The molecule has 0 heterocycles. The lowest BCUT2D eigenvalue weighted by atomic mass is 10.2. The Labute approximate surface area is 135 Å². The molecule has 0 radical (unpaired) electrons. The summed E-state index contributed by atoms with van der Waals surface area (Å²) in [6, 6.07) is 0. The fourth-order valence-corrected chi connectivity index (χ4v) is 2.03. The number of aliphatic imine (C=N–C) groups is 1. The molecule has 22 heavy (non-hydrogen) atoms. The molecule has 0 aliphatic carbocycles. The average molecular weight is 329 g/mol. The van der Waals surface area contributed by atoms with Gasteiger partial charge in [0.25, 0.3) is 0 Å². The highest BCUT2D eigenvalue weighted by Gasteiger charge is 2.16. The molecule has 0 aromatic rings. The van der Waals surface area contributed by atoms with Gasteiger partial charge in [0.1, 0.15) is 5.83 Å². The fourth-order valence-electron chi connectivity index (χ4n) is 1.28. The lowest BCUT2D eigenvalue weighted by Gasteiger charge is -2.20. The zero-order chi connectivity index (χ0) is 17.1. The van der Waals surface area contributed by atoms with Crippen LogP contribution in [0.4, 0.5) is 9.18 Å². The highest BCUT2D eigenvalue weighted by molar-refractivity contribution is 8.17. The van der Waals surface area contributed by atoms with Crippen molar-refractivity contribution in [3.8, 4) is 0 Å². The van der Waals surface area contributed by atoms with E-state index in [1.807, 2.05) is 13.8 Å². The Bertz CT molecular complexity index is 473. The summed E-state index contributed by atoms with van der Waals surface area (Å²) >= 11 is 1.09. The van der Waals surface area contributed by atoms with Crippen LogP contribution in [0.25, 0.3) is 0 Å². The lowest BCUT2D eigenvalue weighted by Crippen LogP contribution is -2.27. The summed E-state index contributed by atoms with van der Waals surface area (Å²) < 4.78 is 18.3. The van der Waals surface area contributed by atoms with Crippen LogP contribution in [0.1, 0.15) is 27.2 Å². The third-order valence-electron chi connectivity index (χ3n) is 2.35. The Balaban J connectivity index is 4.56. The van der Waals surface area contributed by atoms with Crippen molar-refractivity contribution in [3.05, 3.63) is 23.0 Å². The average Bonchev–Trinajstić information content (AvgIpc) is 2.47. The molecule has 0 atom stereocenters. The normalized spacial score (nSPS) is 12.9. The maximum atomic E-state index is 13.2. The molecule has 0 aliphatic heterocycles. The largest absolute Gasteiger partial charge is 0.449 e. The SMILES string of the molecule is C/C=C(/SC(=N)C/C=C(/F)C=NC)N(C)C(=O)OCC(C)C. The van der Waals surface area contributed by atoms with Crippen LogP contribution in [0.3, 0.4) is 0 Å². The van der Waals surface area contributed by atoms with E-state index < -0.39 is 11.9 Å². The summed E-state index contributed by atoms with van der Waals surface area (Å²) in [6.45, 7) is 6.01. The second-order valence-electron chi connectivity index (χ2n) is 4.86. The van der Waals surface area contributed by atoms with Gasteiger partial charge >= 0.3 is 6.09 Å². The number of hydrogen-bond acceptors (Lipinski definition) is 5. The first-order valence-corrected chi connectivity index (χ1v) is 7.73. The fraction of sp³-hybridized carbons (Fsp3) is 0.533. The molecule has 0 rings (SSSR count). The van der Waals surface area contributed by atoms with Gasteiger partial charge in [-0.05, 0) is 18.9 Å². The minimum Gasteiger partial charge on any atom is -0.449 e. The first-order chi connectivity index (χ1) is 10.3. The van der Waals surface area contributed by atoms with Crippen molar-refractivity contribution in [1.29, 1.82) is 5.41 Å². The molecule has 0 unspecified atom stereocenters. The Hall–Kier alpha value is -1.63. The van der Waals surface area contributed by atoms with E-state index in [0.717, 1.165) is 18.0 Å². The third-order valence-corrected chi connectivity index (χ3v) is 3.49. The third kappa shape index (κ3) is 8.61. The lowest BCUT2D eigenvalue weighted by molar-refractivity contribution is 0.110. The van der Waals surface area contributed by atoms with E-state index in [9.17, 15) is 9.18 Å². The summed E-state index contributed by atoms with van der Waals surface area (Å²) in [5.74, 6) is -0.231. The molecule has 0 fully saturated rings. The van der Waals surface area contributed by atoms with Gasteiger partial charge in [-0.25, -0.2) is 9.18 Å². The molecule has 0 spiro atoms. The van der Waals surface area contributed by atoms with Crippen molar-refractivity contribution in [2.45, 2.75) is 27.2 Å². The van der Waals surface area contributed by atoms with E-state index in [-0.39, 0.29) is 17.4 Å². The zero-order valence-corrected chi connectivity index (χ0v) is 14.5. The summed E-state index contributed by atoms with van der Waals surface area (Å²) in [6.07, 6.45) is 3.73. The van der Waals surface area contributed by atoms with Crippen LogP contribution in [0.15, 0.2) is 28.0 Å². The molecule has 7 heteroatoms. The predicted molar refractivity (Wildman–Crippen MR) is 91.2 cm³/mol. The summed E-state index contributed by atoms with van der Waals surface area (Å²) in [5.41, 5.74) is 0. The maximum absolute atomic E-state index is 13.2. The molecule has 1 amide bonds. The number of ether oxygens (including phenoxy) is 1. The maximum Gasteiger partial charge on any atom is 0.414 e. The Kier molecular flexibility index (Phi) is 10.2. The molecule has 0 aliphatic rings. The number of thioether (sulfide) groups is 1. The first kappa shape index (κ1) is 20.4. The first-order valence-electron chi connectivity index (χ1n) is 6.91. The smallest absolute Gasteiger partial charge is 0.414 e. The number of amides is 1. The zero-order valence-electron chi connectivity index (χ0n) is 13.7. The van der Waals surface area contributed by atoms with E-state index in [4.69, 9.17) is 10.1 Å². The van der Waals surface area contributed by atoms with Crippen molar-refractivity contribution < 1.29 is 13.9 Å². The van der Waals surface area contributed by atoms with Crippen LogP contribution in [-0.2, 0) is 4.74 Å². The van der Waals surface area contributed by atoms with E-state index in [2.05, 4.69) is 4.99 Å². The molecule has 1 N–H and O–H groups in total. The van der Waals surface area contributed by atoms with Gasteiger partial charge in [-0.15, -0.1) is 0 Å². The van der Waals surface area contributed by atoms with Gasteiger partial charge in [0, 0.05) is 20.5 Å². The van der Waals surface area contributed by atoms with Gasteiger partial charge in [0.05, 0.1) is 22.9 Å². The van der Waals surface area contributed by atoms with Crippen molar-refractivity contribution >= 4 is 29.1 Å². The van der Waals surface area contributed by atoms with Crippen molar-refractivity contribution in [1.82, 2.24) is 4.90 Å². The molecular weight excluding hydrogens is 305 g/mol. The molecule has 0 bridgehead atoms. The number of carbonyl (C=O) groups excluding carboxylic acids is 1. The van der Waals surface area contributed by atoms with E-state index in [1.54, 1.807) is 20.0 Å². The van der Waals surface area contributed by atoms with Gasteiger partial charge in [0.2, 0.25) is 0 Å². The molecule has 0 saturated heterocycles. The predicted octanol–water partition coefficient (Wildman–Crippen LogP) is 4.23. The molecule has 5 nitrogen and oxygen atoms in total.